The SMILES string of the molecule is Cn1nc([C@H](O)c2ccccc2)nc1C(C)(C)C. The Bertz CT molecular complexity index is 526. The van der Waals surface area contributed by atoms with Crippen LogP contribution >= 0.6 is 0 Å². The van der Waals surface area contributed by atoms with E-state index >= 15 is 0 Å². The summed E-state index contributed by atoms with van der Waals surface area (Å²) in [4.78, 5) is 4.46. The van der Waals surface area contributed by atoms with Gasteiger partial charge in [-0.1, -0.05) is 51.1 Å². The Labute approximate surface area is 107 Å². The van der Waals surface area contributed by atoms with Gasteiger partial charge in [0.15, 0.2) is 5.82 Å². The lowest BCUT2D eigenvalue weighted by Crippen LogP contribution is -2.17. The smallest absolute Gasteiger partial charge is 0.183 e. The highest BCUT2D eigenvalue weighted by molar-refractivity contribution is 5.23. The molecule has 0 unspecified atom stereocenters. The predicted molar refractivity (Wildman–Crippen MR) is 70.2 cm³/mol. The van der Waals surface area contributed by atoms with Crippen molar-refractivity contribution in [3.8, 4) is 0 Å². The van der Waals surface area contributed by atoms with Crippen LogP contribution in [-0.4, -0.2) is 19.9 Å². The van der Waals surface area contributed by atoms with Crippen LogP contribution in [0.2, 0.25) is 0 Å². The molecular formula is C14H19N3O. The van der Waals surface area contributed by atoms with Crippen molar-refractivity contribution >= 4 is 0 Å². The van der Waals surface area contributed by atoms with Gasteiger partial charge < -0.3 is 5.11 Å². The summed E-state index contributed by atoms with van der Waals surface area (Å²) in [5.74, 6) is 1.32. The Morgan fingerprint density at radius 2 is 1.78 bits per heavy atom. The fourth-order valence-corrected chi connectivity index (χ4v) is 1.96. The topological polar surface area (TPSA) is 50.9 Å². The number of nitrogens with zero attached hydrogens (tertiary/aromatic N) is 3. The van der Waals surface area contributed by atoms with Crippen LogP contribution in [0.25, 0.3) is 0 Å². The van der Waals surface area contributed by atoms with Gasteiger partial charge in [-0.2, -0.15) is 5.10 Å². The maximum atomic E-state index is 10.3. The first-order valence-corrected chi connectivity index (χ1v) is 6.04. The molecule has 0 aliphatic carbocycles. The molecule has 0 radical (unpaired) electrons. The quantitative estimate of drug-likeness (QED) is 0.882. The van der Waals surface area contributed by atoms with Crippen molar-refractivity contribution in [2.24, 2.45) is 7.05 Å². The summed E-state index contributed by atoms with van der Waals surface area (Å²) in [5, 5.41) is 14.6. The first kappa shape index (κ1) is 12.8. The van der Waals surface area contributed by atoms with E-state index in [1.807, 2.05) is 37.4 Å². The number of aromatic nitrogens is 3. The van der Waals surface area contributed by atoms with Crippen molar-refractivity contribution in [1.29, 1.82) is 0 Å². The van der Waals surface area contributed by atoms with Crippen molar-refractivity contribution in [1.82, 2.24) is 14.8 Å². The zero-order valence-corrected chi connectivity index (χ0v) is 11.3. The molecule has 1 N–H and O–H groups in total. The molecule has 0 amide bonds. The molecule has 4 heteroatoms. The molecule has 0 aliphatic rings. The minimum atomic E-state index is -0.770. The van der Waals surface area contributed by atoms with E-state index in [1.165, 1.54) is 0 Å². The van der Waals surface area contributed by atoms with Gasteiger partial charge in [-0.3, -0.25) is 4.68 Å². The predicted octanol–water partition coefficient (Wildman–Crippen LogP) is 2.19. The summed E-state index contributed by atoms with van der Waals surface area (Å²) in [6.45, 7) is 6.24. The summed E-state index contributed by atoms with van der Waals surface area (Å²) in [6.07, 6.45) is -0.770. The Morgan fingerprint density at radius 1 is 1.17 bits per heavy atom. The number of aliphatic hydroxyl groups is 1. The lowest BCUT2D eigenvalue weighted by atomic mass is 9.96. The van der Waals surface area contributed by atoms with Crippen LogP contribution in [0.1, 0.15) is 44.1 Å². The van der Waals surface area contributed by atoms with E-state index in [1.54, 1.807) is 4.68 Å². The molecule has 4 nitrogen and oxygen atoms in total. The maximum Gasteiger partial charge on any atom is 0.183 e. The van der Waals surface area contributed by atoms with Gasteiger partial charge in [-0.05, 0) is 5.56 Å². The van der Waals surface area contributed by atoms with Gasteiger partial charge in [0, 0.05) is 12.5 Å². The second kappa shape index (κ2) is 4.53. The number of hydrogen-bond acceptors (Lipinski definition) is 3. The minimum Gasteiger partial charge on any atom is -0.380 e. The van der Waals surface area contributed by atoms with E-state index in [2.05, 4.69) is 30.9 Å². The monoisotopic (exact) mass is 245 g/mol. The van der Waals surface area contributed by atoms with Gasteiger partial charge in [0.2, 0.25) is 0 Å². The number of hydrogen-bond donors (Lipinski definition) is 1. The Hall–Kier alpha value is -1.68. The summed E-state index contributed by atoms with van der Waals surface area (Å²) in [7, 11) is 1.86. The molecule has 0 saturated heterocycles. The van der Waals surface area contributed by atoms with E-state index in [0.717, 1.165) is 11.4 Å². The second-order valence-electron chi connectivity index (χ2n) is 5.48. The fraction of sp³-hybridized carbons (Fsp3) is 0.429. The van der Waals surface area contributed by atoms with E-state index < -0.39 is 6.10 Å². The van der Waals surface area contributed by atoms with Gasteiger partial charge >= 0.3 is 0 Å². The van der Waals surface area contributed by atoms with Crippen molar-refractivity contribution in [2.75, 3.05) is 0 Å². The number of rotatable bonds is 2. The molecular weight excluding hydrogens is 226 g/mol. The molecule has 0 bridgehead atoms. The molecule has 1 atom stereocenters. The summed E-state index contributed by atoms with van der Waals surface area (Å²) in [5.41, 5.74) is 0.722. The third kappa shape index (κ3) is 2.43. The van der Waals surface area contributed by atoms with Gasteiger partial charge in [-0.25, -0.2) is 4.98 Å². The molecule has 1 aromatic carbocycles. The average Bonchev–Trinajstić information content (AvgIpc) is 2.71. The number of aliphatic hydroxyl groups excluding tert-OH is 1. The van der Waals surface area contributed by atoms with E-state index in [0.29, 0.717) is 5.82 Å². The Morgan fingerprint density at radius 3 is 2.28 bits per heavy atom. The van der Waals surface area contributed by atoms with Crippen LogP contribution in [0.3, 0.4) is 0 Å². The number of aryl methyl sites for hydroxylation is 1. The summed E-state index contributed by atoms with van der Waals surface area (Å²) >= 11 is 0. The average molecular weight is 245 g/mol. The van der Waals surface area contributed by atoms with Crippen LogP contribution in [0.4, 0.5) is 0 Å². The lowest BCUT2D eigenvalue weighted by molar-refractivity contribution is 0.209. The maximum absolute atomic E-state index is 10.3. The number of benzene rings is 1. The molecule has 1 heterocycles. The van der Waals surface area contributed by atoms with Crippen molar-refractivity contribution in [2.45, 2.75) is 32.3 Å². The first-order chi connectivity index (χ1) is 8.39. The Kier molecular flexibility index (Phi) is 3.22. The molecule has 1 aromatic heterocycles. The minimum absolute atomic E-state index is 0.0869. The highest BCUT2D eigenvalue weighted by Gasteiger charge is 2.24. The molecule has 0 saturated carbocycles. The molecule has 2 rings (SSSR count). The van der Waals surface area contributed by atoms with Gasteiger partial charge in [0.25, 0.3) is 0 Å². The van der Waals surface area contributed by atoms with Gasteiger partial charge in [0.1, 0.15) is 11.9 Å². The molecule has 96 valence electrons. The standard InChI is InChI=1S/C14H19N3O/c1-14(2,3)13-15-12(16-17(13)4)11(18)10-8-6-5-7-9-10/h5-9,11,18H,1-4H3/t11-/m1/s1. The molecule has 0 aliphatic heterocycles. The van der Waals surface area contributed by atoms with Crippen LogP contribution in [0.15, 0.2) is 30.3 Å². The lowest BCUT2D eigenvalue weighted by Gasteiger charge is -2.16. The van der Waals surface area contributed by atoms with Crippen molar-refractivity contribution in [3.63, 3.8) is 0 Å². The largest absolute Gasteiger partial charge is 0.380 e. The Balaban J connectivity index is 2.36. The summed E-state index contributed by atoms with van der Waals surface area (Å²) < 4.78 is 1.74. The third-order valence-corrected chi connectivity index (χ3v) is 2.81. The second-order valence-corrected chi connectivity index (χ2v) is 5.48. The molecule has 18 heavy (non-hydrogen) atoms. The first-order valence-electron chi connectivity index (χ1n) is 6.04. The normalized spacial score (nSPS) is 13.6. The van der Waals surface area contributed by atoms with Crippen LogP contribution < -0.4 is 0 Å². The van der Waals surface area contributed by atoms with Gasteiger partial charge in [-0.15, -0.1) is 0 Å². The summed E-state index contributed by atoms with van der Waals surface area (Å²) in [6, 6.07) is 9.45. The van der Waals surface area contributed by atoms with Gasteiger partial charge in [0.05, 0.1) is 0 Å². The third-order valence-electron chi connectivity index (χ3n) is 2.81. The highest BCUT2D eigenvalue weighted by atomic mass is 16.3. The van der Waals surface area contributed by atoms with E-state index in [9.17, 15) is 5.11 Å². The van der Waals surface area contributed by atoms with E-state index in [4.69, 9.17) is 0 Å². The molecule has 0 fully saturated rings. The van der Waals surface area contributed by atoms with Crippen LogP contribution in [-0.2, 0) is 12.5 Å². The molecule has 0 spiro atoms. The zero-order chi connectivity index (χ0) is 13.3. The molecule has 2 aromatic rings. The van der Waals surface area contributed by atoms with Crippen LogP contribution in [0, 0.1) is 0 Å². The van der Waals surface area contributed by atoms with Crippen molar-refractivity contribution < 1.29 is 5.11 Å². The van der Waals surface area contributed by atoms with Crippen LogP contribution in [0.5, 0.6) is 0 Å². The fourth-order valence-electron chi connectivity index (χ4n) is 1.96. The zero-order valence-electron chi connectivity index (χ0n) is 11.3. The highest BCUT2D eigenvalue weighted by Crippen LogP contribution is 2.24. The van der Waals surface area contributed by atoms with Crippen molar-refractivity contribution in [3.05, 3.63) is 47.5 Å². The van der Waals surface area contributed by atoms with E-state index in [-0.39, 0.29) is 5.41 Å².